The number of H-pyrrole nitrogens is 1. The Morgan fingerprint density at radius 3 is 2.50 bits per heavy atom. The lowest BCUT2D eigenvalue weighted by Gasteiger charge is -2.23. The number of imidazole rings is 1. The number of rotatable bonds is 9. The lowest BCUT2D eigenvalue weighted by Crippen LogP contribution is -2.31. The highest BCUT2D eigenvalue weighted by Crippen LogP contribution is 2.24. The van der Waals surface area contributed by atoms with Crippen molar-refractivity contribution in [2.45, 2.75) is 52.7 Å². The van der Waals surface area contributed by atoms with Gasteiger partial charge in [-0.3, -0.25) is 14.3 Å². The summed E-state index contributed by atoms with van der Waals surface area (Å²) in [4.78, 5) is 31.8. The van der Waals surface area contributed by atoms with Crippen molar-refractivity contribution in [1.82, 2.24) is 24.4 Å². The molecular weight excluding hydrogens is 382 g/mol. The van der Waals surface area contributed by atoms with Gasteiger partial charge in [-0.15, -0.1) is 0 Å². The quantitative estimate of drug-likeness (QED) is 0.563. The predicted octanol–water partition coefficient (Wildman–Crippen LogP) is 2.72. The minimum absolute atomic E-state index is 0.108. The Balaban J connectivity index is 1.92. The number of ether oxygens (including phenoxy) is 1. The molecule has 2 N–H and O–H groups in total. The fourth-order valence-electron chi connectivity index (χ4n) is 3.72. The molecule has 162 valence electrons. The van der Waals surface area contributed by atoms with Gasteiger partial charge in [0.1, 0.15) is 11.6 Å². The minimum Gasteiger partial charge on any atom is -0.497 e. The summed E-state index contributed by atoms with van der Waals surface area (Å²) in [6.45, 7) is 7.38. The van der Waals surface area contributed by atoms with Crippen molar-refractivity contribution in [3.8, 4) is 5.75 Å². The van der Waals surface area contributed by atoms with Gasteiger partial charge in [0.15, 0.2) is 11.2 Å². The summed E-state index contributed by atoms with van der Waals surface area (Å²) in [6.07, 6.45) is 1.80. The Bertz CT molecular complexity index is 1110. The standard InChI is InChI=1S/C22H31N5O3/c1-6-7-12-27-20-19(21(28)25-22(27)29)26(4)17(24-20)13-23-18(14(2)3)15-8-10-16(30-5)11-9-15/h8-11,14,18,23H,6-7,12-13H2,1-5H3,(H,25,28,29). The lowest BCUT2D eigenvalue weighted by molar-refractivity contribution is 0.399. The average molecular weight is 414 g/mol. The molecule has 8 heteroatoms. The monoisotopic (exact) mass is 413 g/mol. The number of nitrogens with one attached hydrogen (secondary N) is 2. The molecule has 0 bridgehead atoms. The molecule has 30 heavy (non-hydrogen) atoms. The van der Waals surface area contributed by atoms with E-state index in [2.05, 4.69) is 48.2 Å². The van der Waals surface area contributed by atoms with Crippen molar-refractivity contribution in [3.05, 3.63) is 56.5 Å². The van der Waals surface area contributed by atoms with Crippen molar-refractivity contribution in [2.24, 2.45) is 13.0 Å². The summed E-state index contributed by atoms with van der Waals surface area (Å²) in [7, 11) is 3.47. The number of fused-ring (bicyclic) bond motifs is 1. The summed E-state index contributed by atoms with van der Waals surface area (Å²) in [5, 5.41) is 3.56. The molecule has 0 amide bonds. The first-order chi connectivity index (χ1) is 14.4. The summed E-state index contributed by atoms with van der Waals surface area (Å²) < 4.78 is 8.59. The molecule has 0 fully saturated rings. The number of unbranched alkanes of at least 4 members (excludes halogenated alkanes) is 1. The Morgan fingerprint density at radius 1 is 1.20 bits per heavy atom. The third-order valence-electron chi connectivity index (χ3n) is 5.46. The first kappa shape index (κ1) is 21.8. The molecule has 0 saturated carbocycles. The highest BCUT2D eigenvalue weighted by molar-refractivity contribution is 5.70. The SMILES string of the molecule is CCCCn1c(=O)[nH]c(=O)c2c1nc(CNC(c1ccc(OC)cc1)C(C)C)n2C. The molecule has 1 aromatic carbocycles. The van der Waals surface area contributed by atoms with Crippen LogP contribution in [0, 0.1) is 5.92 Å². The lowest BCUT2D eigenvalue weighted by atomic mass is 9.96. The predicted molar refractivity (Wildman–Crippen MR) is 118 cm³/mol. The van der Waals surface area contributed by atoms with Gasteiger partial charge in [-0.05, 0) is 30.0 Å². The smallest absolute Gasteiger partial charge is 0.330 e. The van der Waals surface area contributed by atoms with E-state index in [1.807, 2.05) is 19.2 Å². The number of benzene rings is 1. The molecule has 1 atom stereocenters. The summed E-state index contributed by atoms with van der Waals surface area (Å²) >= 11 is 0. The number of aromatic amines is 1. The van der Waals surface area contributed by atoms with Crippen LogP contribution in [0.4, 0.5) is 0 Å². The molecule has 8 nitrogen and oxygen atoms in total. The van der Waals surface area contributed by atoms with Crippen LogP contribution in [-0.2, 0) is 20.1 Å². The zero-order valence-corrected chi connectivity index (χ0v) is 18.4. The molecule has 3 rings (SSSR count). The minimum atomic E-state index is -0.406. The third-order valence-corrected chi connectivity index (χ3v) is 5.46. The van der Waals surface area contributed by atoms with Gasteiger partial charge in [-0.2, -0.15) is 0 Å². The number of aryl methyl sites for hydroxylation is 2. The van der Waals surface area contributed by atoms with Crippen LogP contribution < -0.4 is 21.3 Å². The molecule has 3 aromatic rings. The summed E-state index contributed by atoms with van der Waals surface area (Å²) in [6, 6.07) is 8.12. The zero-order valence-electron chi connectivity index (χ0n) is 18.4. The van der Waals surface area contributed by atoms with Gasteiger partial charge in [0.05, 0.1) is 13.7 Å². The van der Waals surface area contributed by atoms with Crippen LogP contribution in [0.1, 0.15) is 51.0 Å². The maximum Gasteiger partial charge on any atom is 0.330 e. The van der Waals surface area contributed by atoms with Gasteiger partial charge in [-0.25, -0.2) is 9.78 Å². The van der Waals surface area contributed by atoms with E-state index in [-0.39, 0.29) is 6.04 Å². The number of methoxy groups -OCH3 is 1. The number of hydrogen-bond donors (Lipinski definition) is 2. The largest absolute Gasteiger partial charge is 0.497 e. The molecule has 2 aromatic heterocycles. The molecule has 0 aliphatic heterocycles. The van der Waals surface area contributed by atoms with Crippen molar-refractivity contribution in [3.63, 3.8) is 0 Å². The maximum absolute atomic E-state index is 12.4. The number of nitrogens with zero attached hydrogens (tertiary/aromatic N) is 3. The van der Waals surface area contributed by atoms with Crippen LogP contribution in [0.15, 0.2) is 33.9 Å². The van der Waals surface area contributed by atoms with Crippen LogP contribution in [0.2, 0.25) is 0 Å². The zero-order chi connectivity index (χ0) is 21.8. The van der Waals surface area contributed by atoms with E-state index in [4.69, 9.17) is 4.74 Å². The van der Waals surface area contributed by atoms with E-state index >= 15 is 0 Å². The third kappa shape index (κ3) is 4.33. The van der Waals surface area contributed by atoms with Crippen LogP contribution in [0.3, 0.4) is 0 Å². The van der Waals surface area contributed by atoms with Gasteiger partial charge in [-0.1, -0.05) is 39.3 Å². The van der Waals surface area contributed by atoms with E-state index < -0.39 is 11.2 Å². The van der Waals surface area contributed by atoms with Gasteiger partial charge < -0.3 is 14.6 Å². The topological polar surface area (TPSA) is 93.9 Å². The fourth-order valence-corrected chi connectivity index (χ4v) is 3.72. The van der Waals surface area contributed by atoms with Crippen molar-refractivity contribution >= 4 is 11.2 Å². The van der Waals surface area contributed by atoms with Crippen LogP contribution in [-0.4, -0.2) is 26.2 Å². The molecule has 1 unspecified atom stereocenters. The molecule has 2 heterocycles. The molecule has 0 aliphatic carbocycles. The molecule has 0 aliphatic rings. The van der Waals surface area contributed by atoms with Gasteiger partial charge in [0.25, 0.3) is 5.56 Å². The van der Waals surface area contributed by atoms with Crippen molar-refractivity contribution < 1.29 is 4.74 Å². The second-order valence-electron chi connectivity index (χ2n) is 7.90. The van der Waals surface area contributed by atoms with Gasteiger partial charge in [0.2, 0.25) is 0 Å². The van der Waals surface area contributed by atoms with E-state index in [1.54, 1.807) is 16.2 Å². The normalized spacial score (nSPS) is 12.6. The van der Waals surface area contributed by atoms with Crippen LogP contribution >= 0.6 is 0 Å². The average Bonchev–Trinajstić information content (AvgIpc) is 3.05. The maximum atomic E-state index is 12.4. The van der Waals surface area contributed by atoms with E-state index in [9.17, 15) is 9.59 Å². The van der Waals surface area contributed by atoms with E-state index in [1.165, 1.54) is 0 Å². The Morgan fingerprint density at radius 2 is 1.90 bits per heavy atom. The molecule has 0 radical (unpaired) electrons. The molecule has 0 spiro atoms. The highest BCUT2D eigenvalue weighted by Gasteiger charge is 2.19. The Hall–Kier alpha value is -2.87. The first-order valence-electron chi connectivity index (χ1n) is 10.4. The van der Waals surface area contributed by atoms with E-state index in [0.717, 1.165) is 24.2 Å². The van der Waals surface area contributed by atoms with Gasteiger partial charge in [0, 0.05) is 19.6 Å². The summed E-state index contributed by atoms with van der Waals surface area (Å²) in [5.41, 5.74) is 1.22. The first-order valence-corrected chi connectivity index (χ1v) is 10.4. The van der Waals surface area contributed by atoms with Crippen molar-refractivity contribution in [1.29, 1.82) is 0 Å². The summed E-state index contributed by atoms with van der Waals surface area (Å²) in [5.74, 6) is 1.88. The second kappa shape index (κ2) is 9.30. The Kier molecular flexibility index (Phi) is 6.77. The van der Waals surface area contributed by atoms with Crippen LogP contribution in [0.25, 0.3) is 11.2 Å². The fraction of sp³-hybridized carbons (Fsp3) is 0.500. The molecular formula is C22H31N5O3. The highest BCUT2D eigenvalue weighted by atomic mass is 16.5. The van der Waals surface area contributed by atoms with E-state index in [0.29, 0.717) is 36.0 Å². The molecule has 0 saturated heterocycles. The Labute approximate surface area is 175 Å². The van der Waals surface area contributed by atoms with Crippen molar-refractivity contribution in [2.75, 3.05) is 7.11 Å². The number of aromatic nitrogens is 4. The second-order valence-corrected chi connectivity index (χ2v) is 7.90. The van der Waals surface area contributed by atoms with Gasteiger partial charge >= 0.3 is 5.69 Å². The number of hydrogen-bond acceptors (Lipinski definition) is 5. The van der Waals surface area contributed by atoms with Crippen LogP contribution in [0.5, 0.6) is 5.75 Å².